The first-order chi connectivity index (χ1) is 8.83. The van der Waals surface area contributed by atoms with Crippen molar-refractivity contribution in [3.63, 3.8) is 0 Å². The molecule has 0 spiro atoms. The zero-order valence-corrected chi connectivity index (χ0v) is 9.81. The van der Waals surface area contributed by atoms with Crippen molar-refractivity contribution in [2.75, 3.05) is 6.54 Å². The Morgan fingerprint density at radius 2 is 2.33 bits per heavy atom. The highest BCUT2D eigenvalue weighted by Gasteiger charge is 2.26. The van der Waals surface area contributed by atoms with Crippen LogP contribution in [0, 0.1) is 0 Å². The van der Waals surface area contributed by atoms with Gasteiger partial charge in [0.1, 0.15) is 5.69 Å². The molecule has 7 heteroatoms. The van der Waals surface area contributed by atoms with Crippen LogP contribution in [0.1, 0.15) is 40.6 Å². The molecule has 1 fully saturated rings. The zero-order chi connectivity index (χ0) is 12.4. The number of rotatable bonds is 5. The Hall–Kier alpha value is -2.18. The number of carbonyl (C=O) groups is 1. The quantitative estimate of drug-likeness (QED) is 0.710. The lowest BCUT2D eigenvalue weighted by molar-refractivity contribution is 0.0949. The molecule has 1 saturated carbocycles. The molecule has 0 saturated heterocycles. The lowest BCUT2D eigenvalue weighted by Crippen LogP contribution is -2.26. The Bertz CT molecular complexity index is 527. The maximum Gasteiger partial charge on any atom is 0.271 e. The van der Waals surface area contributed by atoms with Gasteiger partial charge in [0.15, 0.2) is 0 Å². The van der Waals surface area contributed by atoms with Crippen LogP contribution in [-0.2, 0) is 6.42 Å². The fourth-order valence-electron chi connectivity index (χ4n) is 1.80. The van der Waals surface area contributed by atoms with Gasteiger partial charge in [-0.05, 0) is 18.9 Å². The molecule has 0 aliphatic heterocycles. The van der Waals surface area contributed by atoms with Crippen LogP contribution in [0.4, 0.5) is 0 Å². The number of aromatic amines is 2. The summed E-state index contributed by atoms with van der Waals surface area (Å²) in [6, 6.07) is 1.84. The van der Waals surface area contributed by atoms with Crippen LogP contribution in [0.2, 0.25) is 0 Å². The van der Waals surface area contributed by atoms with Gasteiger partial charge in [0.25, 0.3) is 5.91 Å². The normalized spacial score (nSPS) is 14.7. The van der Waals surface area contributed by atoms with Crippen LogP contribution in [0.3, 0.4) is 0 Å². The van der Waals surface area contributed by atoms with Crippen molar-refractivity contribution in [3.8, 4) is 0 Å². The molecule has 94 valence electrons. The van der Waals surface area contributed by atoms with Crippen LogP contribution in [-0.4, -0.2) is 38.1 Å². The number of H-pyrrole nitrogens is 2. The molecule has 0 atom stereocenters. The van der Waals surface area contributed by atoms with Crippen LogP contribution in [0.5, 0.6) is 0 Å². The van der Waals surface area contributed by atoms with Crippen molar-refractivity contribution >= 4 is 5.91 Å². The van der Waals surface area contributed by atoms with Crippen molar-refractivity contribution in [3.05, 3.63) is 29.3 Å². The number of hydrogen-bond acceptors (Lipinski definition) is 4. The molecule has 1 aliphatic carbocycles. The second kappa shape index (κ2) is 4.59. The maximum absolute atomic E-state index is 11.8. The highest BCUT2D eigenvalue weighted by atomic mass is 16.1. The Kier molecular flexibility index (Phi) is 2.79. The van der Waals surface area contributed by atoms with Gasteiger partial charge in [0, 0.05) is 24.6 Å². The van der Waals surface area contributed by atoms with Crippen molar-refractivity contribution in [1.82, 2.24) is 30.9 Å². The summed E-state index contributed by atoms with van der Waals surface area (Å²) in [5.41, 5.74) is 2.35. The van der Waals surface area contributed by atoms with Gasteiger partial charge in [-0.1, -0.05) is 0 Å². The average molecular weight is 246 g/mol. The molecular formula is C11H14N6O. The van der Waals surface area contributed by atoms with Crippen molar-refractivity contribution < 1.29 is 4.79 Å². The van der Waals surface area contributed by atoms with E-state index < -0.39 is 0 Å². The molecule has 3 N–H and O–H groups in total. The van der Waals surface area contributed by atoms with Crippen LogP contribution in [0.15, 0.2) is 12.3 Å². The average Bonchev–Trinajstić information content (AvgIpc) is 2.92. The van der Waals surface area contributed by atoms with Crippen LogP contribution < -0.4 is 5.32 Å². The molecule has 18 heavy (non-hydrogen) atoms. The van der Waals surface area contributed by atoms with Crippen LogP contribution >= 0.6 is 0 Å². The summed E-state index contributed by atoms with van der Waals surface area (Å²) < 4.78 is 0. The summed E-state index contributed by atoms with van der Waals surface area (Å²) >= 11 is 0. The summed E-state index contributed by atoms with van der Waals surface area (Å²) in [6.07, 6.45) is 4.68. The monoisotopic (exact) mass is 246 g/mol. The number of hydrogen-bond donors (Lipinski definition) is 3. The minimum Gasteiger partial charge on any atom is -0.350 e. The van der Waals surface area contributed by atoms with Gasteiger partial charge >= 0.3 is 0 Å². The van der Waals surface area contributed by atoms with Gasteiger partial charge in [-0.3, -0.25) is 9.89 Å². The van der Waals surface area contributed by atoms with Gasteiger partial charge in [-0.25, -0.2) is 0 Å². The molecule has 0 bridgehead atoms. The number of carbonyl (C=O) groups excluding carboxylic acids is 1. The van der Waals surface area contributed by atoms with E-state index in [4.69, 9.17) is 0 Å². The highest BCUT2D eigenvalue weighted by molar-refractivity contribution is 5.92. The first-order valence-electron chi connectivity index (χ1n) is 6.01. The van der Waals surface area contributed by atoms with Gasteiger partial charge in [-0.2, -0.15) is 20.5 Å². The molecule has 2 aromatic rings. The molecule has 0 radical (unpaired) electrons. The largest absolute Gasteiger partial charge is 0.350 e. The van der Waals surface area contributed by atoms with E-state index in [9.17, 15) is 4.79 Å². The van der Waals surface area contributed by atoms with E-state index in [1.54, 1.807) is 6.20 Å². The second-order valence-corrected chi connectivity index (χ2v) is 4.45. The Morgan fingerprint density at radius 1 is 1.44 bits per heavy atom. The fourth-order valence-corrected chi connectivity index (χ4v) is 1.80. The first kappa shape index (κ1) is 10.9. The van der Waals surface area contributed by atoms with E-state index in [-0.39, 0.29) is 5.91 Å². The summed E-state index contributed by atoms with van der Waals surface area (Å²) in [5, 5.41) is 19.9. The maximum atomic E-state index is 11.8. The standard InChI is InChI=1S/C11H14N6O/c18-11(12-4-3-8-6-13-17-14-8)10-5-9(15-16-10)7-1-2-7/h5-7H,1-4H2,(H,12,18)(H,15,16)(H,13,14,17). The third kappa shape index (κ3) is 2.39. The lowest BCUT2D eigenvalue weighted by atomic mass is 10.2. The smallest absolute Gasteiger partial charge is 0.271 e. The number of amides is 1. The van der Waals surface area contributed by atoms with E-state index in [1.807, 2.05) is 6.07 Å². The topological polar surface area (TPSA) is 99.4 Å². The lowest BCUT2D eigenvalue weighted by Gasteiger charge is -2.00. The van der Waals surface area contributed by atoms with Gasteiger partial charge < -0.3 is 5.32 Å². The zero-order valence-electron chi connectivity index (χ0n) is 9.81. The molecule has 7 nitrogen and oxygen atoms in total. The molecule has 0 aromatic carbocycles. The van der Waals surface area contributed by atoms with E-state index in [2.05, 4.69) is 30.9 Å². The summed E-state index contributed by atoms with van der Waals surface area (Å²) in [7, 11) is 0. The summed E-state index contributed by atoms with van der Waals surface area (Å²) in [4.78, 5) is 11.8. The predicted octanol–water partition coefficient (Wildman–Crippen LogP) is 0.378. The van der Waals surface area contributed by atoms with Crippen LogP contribution in [0.25, 0.3) is 0 Å². The third-order valence-electron chi connectivity index (χ3n) is 2.98. The summed E-state index contributed by atoms with van der Waals surface area (Å²) in [5.74, 6) is 0.427. The number of nitrogens with zero attached hydrogens (tertiary/aromatic N) is 3. The predicted molar refractivity (Wildman–Crippen MR) is 63.0 cm³/mol. The third-order valence-corrected chi connectivity index (χ3v) is 2.98. The van der Waals surface area contributed by atoms with E-state index in [0.717, 1.165) is 11.4 Å². The molecule has 2 aromatic heterocycles. The van der Waals surface area contributed by atoms with Gasteiger partial charge in [0.05, 0.1) is 11.9 Å². The first-order valence-corrected chi connectivity index (χ1v) is 6.01. The number of nitrogens with one attached hydrogen (secondary N) is 3. The van der Waals surface area contributed by atoms with E-state index in [1.165, 1.54) is 12.8 Å². The Balaban J connectivity index is 1.50. The second-order valence-electron chi connectivity index (χ2n) is 4.45. The van der Waals surface area contributed by atoms with Crippen molar-refractivity contribution in [2.24, 2.45) is 0 Å². The molecule has 2 heterocycles. The van der Waals surface area contributed by atoms with Crippen molar-refractivity contribution in [2.45, 2.75) is 25.2 Å². The Morgan fingerprint density at radius 3 is 3.06 bits per heavy atom. The molecule has 1 aliphatic rings. The van der Waals surface area contributed by atoms with Gasteiger partial charge in [-0.15, -0.1) is 0 Å². The minimum absolute atomic E-state index is 0.151. The molecule has 3 rings (SSSR count). The Labute approximate surface area is 103 Å². The van der Waals surface area contributed by atoms with Gasteiger partial charge in [0.2, 0.25) is 0 Å². The fraction of sp³-hybridized carbons (Fsp3) is 0.455. The van der Waals surface area contributed by atoms with E-state index in [0.29, 0.717) is 24.6 Å². The minimum atomic E-state index is -0.151. The number of aromatic nitrogens is 5. The SMILES string of the molecule is O=C(NCCc1cn[nH]n1)c1cc(C2CC2)[nH]n1. The highest BCUT2D eigenvalue weighted by Crippen LogP contribution is 2.38. The molecular weight excluding hydrogens is 232 g/mol. The summed E-state index contributed by atoms with van der Waals surface area (Å²) in [6.45, 7) is 0.525. The molecule has 0 unspecified atom stereocenters. The van der Waals surface area contributed by atoms with Crippen molar-refractivity contribution in [1.29, 1.82) is 0 Å². The molecule has 1 amide bonds. The van der Waals surface area contributed by atoms with E-state index >= 15 is 0 Å².